The largest absolute Gasteiger partial charge is 0.208 e. The van der Waals surface area contributed by atoms with Crippen molar-refractivity contribution in [2.24, 2.45) is 0 Å². The van der Waals surface area contributed by atoms with Gasteiger partial charge in [-0.2, -0.15) is 0 Å². The van der Waals surface area contributed by atoms with Gasteiger partial charge in [0.25, 0.3) is 0 Å². The Balaban J connectivity index is 0.977. The number of benzene rings is 9. The summed E-state index contributed by atoms with van der Waals surface area (Å²) in [7, 11) is 0. The van der Waals surface area contributed by atoms with E-state index in [1.165, 1.54) is 53.6 Å². The number of rotatable bonds is 7. The van der Waals surface area contributed by atoms with Gasteiger partial charge in [0.05, 0.1) is 5.41 Å². The van der Waals surface area contributed by atoms with E-state index in [1.807, 2.05) is 35.6 Å². The number of hydrogen-bond acceptors (Lipinski definition) is 4. The van der Waals surface area contributed by atoms with Crippen LogP contribution in [0.25, 0.3) is 87.7 Å². The molecule has 3 nitrogen and oxygen atoms in total. The number of aromatic nitrogens is 3. The SMILES string of the molecule is c1ccc(-c2cccc(-c3nc(-c4ccccc4)nc(-c4cccc(-c5ccc(C6(c7ccc8sc9ccccc9c8c7)c7ccccc7-c7ccccc76)cc5)c4)n3)c2)cc1. The van der Waals surface area contributed by atoms with Crippen LogP contribution in [-0.2, 0) is 5.41 Å². The number of hydrogen-bond donors (Lipinski definition) is 0. The van der Waals surface area contributed by atoms with Crippen LogP contribution in [0, 0.1) is 0 Å². The average Bonchev–Trinajstić information content (AvgIpc) is 3.88. The first kappa shape index (κ1) is 36.1. The van der Waals surface area contributed by atoms with E-state index in [0.29, 0.717) is 17.5 Å². The van der Waals surface area contributed by atoms with Gasteiger partial charge in [-0.15, -0.1) is 11.3 Å². The molecule has 0 amide bonds. The Kier molecular flexibility index (Phi) is 8.58. The Morgan fingerprint density at radius 2 is 0.742 bits per heavy atom. The van der Waals surface area contributed by atoms with E-state index in [0.717, 1.165) is 38.9 Å². The van der Waals surface area contributed by atoms with Crippen LogP contribution in [0.15, 0.2) is 224 Å². The van der Waals surface area contributed by atoms with Crippen molar-refractivity contribution in [2.45, 2.75) is 5.41 Å². The van der Waals surface area contributed by atoms with Gasteiger partial charge < -0.3 is 0 Å². The van der Waals surface area contributed by atoms with E-state index in [9.17, 15) is 0 Å². The summed E-state index contributed by atoms with van der Waals surface area (Å²) in [6, 6.07) is 80.7. The van der Waals surface area contributed by atoms with Crippen molar-refractivity contribution in [3.05, 3.63) is 247 Å². The lowest BCUT2D eigenvalue weighted by Crippen LogP contribution is -2.28. The van der Waals surface area contributed by atoms with Gasteiger partial charge in [-0.05, 0) is 86.0 Å². The molecular weight excluding hydrogens is 771 g/mol. The lowest BCUT2D eigenvalue weighted by Gasteiger charge is -2.34. The maximum absolute atomic E-state index is 5.14. The molecule has 0 N–H and O–H groups in total. The maximum atomic E-state index is 5.14. The van der Waals surface area contributed by atoms with Gasteiger partial charge in [-0.1, -0.05) is 194 Å². The molecule has 1 aliphatic rings. The first-order valence-corrected chi connectivity index (χ1v) is 21.8. The first-order valence-electron chi connectivity index (χ1n) is 21.0. The molecule has 0 fully saturated rings. The van der Waals surface area contributed by atoms with E-state index in [4.69, 9.17) is 15.0 Å². The quantitative estimate of drug-likeness (QED) is 0.161. The fourth-order valence-electron chi connectivity index (χ4n) is 9.55. The summed E-state index contributed by atoms with van der Waals surface area (Å²) < 4.78 is 2.62. The van der Waals surface area contributed by atoms with Gasteiger partial charge in [-0.25, -0.2) is 15.0 Å². The molecule has 1 aliphatic carbocycles. The van der Waals surface area contributed by atoms with Crippen LogP contribution >= 0.6 is 11.3 Å². The van der Waals surface area contributed by atoms with E-state index in [2.05, 4.69) is 200 Å². The minimum atomic E-state index is -0.502. The molecule has 0 unspecified atom stereocenters. The van der Waals surface area contributed by atoms with Crippen LogP contribution in [0.3, 0.4) is 0 Å². The third-order valence-electron chi connectivity index (χ3n) is 12.4. The summed E-state index contributed by atoms with van der Waals surface area (Å²) in [5.74, 6) is 1.91. The van der Waals surface area contributed by atoms with E-state index < -0.39 is 5.41 Å². The van der Waals surface area contributed by atoms with Crippen LogP contribution in [0.4, 0.5) is 0 Å². The summed E-state index contributed by atoms with van der Waals surface area (Å²) >= 11 is 1.86. The molecule has 0 atom stereocenters. The van der Waals surface area contributed by atoms with Crippen LogP contribution in [0.5, 0.6) is 0 Å². The molecule has 0 bridgehead atoms. The molecule has 4 heteroatoms. The fraction of sp³-hybridized carbons (Fsp3) is 0.0172. The molecule has 62 heavy (non-hydrogen) atoms. The molecule has 0 saturated carbocycles. The van der Waals surface area contributed by atoms with Gasteiger partial charge in [-0.3, -0.25) is 0 Å². The van der Waals surface area contributed by atoms with Crippen molar-refractivity contribution >= 4 is 31.5 Å². The minimum Gasteiger partial charge on any atom is -0.208 e. The Hall–Kier alpha value is -7.79. The third-order valence-corrected chi connectivity index (χ3v) is 13.6. The minimum absolute atomic E-state index is 0.502. The van der Waals surface area contributed by atoms with Crippen molar-refractivity contribution in [3.8, 4) is 67.5 Å². The molecule has 0 aliphatic heterocycles. The van der Waals surface area contributed by atoms with Gasteiger partial charge >= 0.3 is 0 Å². The second kappa shape index (κ2) is 14.7. The van der Waals surface area contributed by atoms with E-state index >= 15 is 0 Å². The van der Waals surface area contributed by atoms with Crippen LogP contribution in [-0.4, -0.2) is 15.0 Å². The number of nitrogens with zero attached hydrogens (tertiary/aromatic N) is 3. The zero-order valence-electron chi connectivity index (χ0n) is 33.6. The lowest BCUT2D eigenvalue weighted by molar-refractivity contribution is 0.770. The summed E-state index contributed by atoms with van der Waals surface area (Å²) in [5.41, 5.74) is 14.5. The van der Waals surface area contributed by atoms with Crippen LogP contribution < -0.4 is 0 Å². The number of fused-ring (bicyclic) bond motifs is 6. The fourth-order valence-corrected chi connectivity index (χ4v) is 10.6. The smallest absolute Gasteiger partial charge is 0.164 e. The van der Waals surface area contributed by atoms with Gasteiger partial charge in [0.2, 0.25) is 0 Å². The standard InChI is InChI=1S/C58H37N3S/c1-3-15-38(16-4-1)41-19-13-21-43(35-41)56-59-55(40-17-5-2-6-18-40)60-57(61-56)44-22-14-20-42(36-44)39-29-31-45(32-30-39)58(51-26-10-7-23-47(51)48-24-8-11-27-52(48)58)46-33-34-54-50(37-46)49-25-9-12-28-53(49)62-54/h1-37H. The molecule has 0 spiro atoms. The molecule has 290 valence electrons. The average molecular weight is 808 g/mol. The molecule has 0 radical (unpaired) electrons. The van der Waals surface area contributed by atoms with Gasteiger partial charge in [0.1, 0.15) is 0 Å². The highest BCUT2D eigenvalue weighted by Gasteiger charge is 2.46. The summed E-state index contributed by atoms with van der Waals surface area (Å²) in [6.45, 7) is 0. The van der Waals surface area contributed by atoms with Gasteiger partial charge in [0.15, 0.2) is 17.5 Å². The topological polar surface area (TPSA) is 38.7 Å². The van der Waals surface area contributed by atoms with Crippen molar-refractivity contribution in [2.75, 3.05) is 0 Å². The maximum Gasteiger partial charge on any atom is 0.164 e. The summed E-state index contributed by atoms with van der Waals surface area (Å²) in [4.78, 5) is 15.3. The molecule has 2 aromatic heterocycles. The lowest BCUT2D eigenvalue weighted by atomic mass is 9.67. The Morgan fingerprint density at radius 1 is 0.290 bits per heavy atom. The highest BCUT2D eigenvalue weighted by atomic mass is 32.1. The summed E-state index contributed by atoms with van der Waals surface area (Å²) in [5, 5.41) is 2.61. The number of thiophene rings is 1. The van der Waals surface area contributed by atoms with Crippen molar-refractivity contribution in [3.63, 3.8) is 0 Å². The Bertz CT molecular complexity index is 3420. The van der Waals surface area contributed by atoms with Crippen molar-refractivity contribution in [1.82, 2.24) is 15.0 Å². The monoisotopic (exact) mass is 807 g/mol. The highest BCUT2D eigenvalue weighted by molar-refractivity contribution is 7.25. The third kappa shape index (κ3) is 5.91. The first-order chi connectivity index (χ1) is 30.7. The predicted octanol–water partition coefficient (Wildman–Crippen LogP) is 14.9. The Morgan fingerprint density at radius 3 is 1.37 bits per heavy atom. The van der Waals surface area contributed by atoms with Gasteiger partial charge in [0, 0.05) is 36.9 Å². The molecule has 11 aromatic rings. The van der Waals surface area contributed by atoms with Crippen LogP contribution in [0.1, 0.15) is 22.3 Å². The van der Waals surface area contributed by atoms with E-state index in [1.54, 1.807) is 0 Å². The predicted molar refractivity (Wildman–Crippen MR) is 257 cm³/mol. The van der Waals surface area contributed by atoms with Crippen molar-refractivity contribution < 1.29 is 0 Å². The Labute approximate surface area is 364 Å². The summed E-state index contributed by atoms with van der Waals surface area (Å²) in [6.07, 6.45) is 0. The van der Waals surface area contributed by atoms with Crippen molar-refractivity contribution in [1.29, 1.82) is 0 Å². The second-order valence-electron chi connectivity index (χ2n) is 15.9. The molecule has 12 rings (SSSR count). The normalized spacial score (nSPS) is 12.6. The molecule has 0 saturated heterocycles. The zero-order chi connectivity index (χ0) is 41.0. The zero-order valence-corrected chi connectivity index (χ0v) is 34.4. The van der Waals surface area contributed by atoms with Crippen LogP contribution in [0.2, 0.25) is 0 Å². The molecular formula is C58H37N3S. The molecule has 9 aromatic carbocycles. The van der Waals surface area contributed by atoms with E-state index in [-0.39, 0.29) is 0 Å². The second-order valence-corrected chi connectivity index (χ2v) is 17.0. The molecule has 2 heterocycles. The highest BCUT2D eigenvalue weighted by Crippen LogP contribution is 2.56.